The smallest absolute Gasteiger partial charge is 0.118 e. The molecule has 3 rings (SSSR count). The van der Waals surface area contributed by atoms with E-state index in [0.717, 1.165) is 27.9 Å². The lowest BCUT2D eigenvalue weighted by atomic mass is 10.1. The van der Waals surface area contributed by atoms with E-state index in [-0.39, 0.29) is 0 Å². The van der Waals surface area contributed by atoms with Crippen molar-refractivity contribution in [1.82, 2.24) is 4.98 Å². The lowest BCUT2D eigenvalue weighted by Crippen LogP contribution is -2.03. The van der Waals surface area contributed by atoms with Crippen LogP contribution in [0.1, 0.15) is 5.56 Å². The summed E-state index contributed by atoms with van der Waals surface area (Å²) in [7, 11) is 1.66. The van der Waals surface area contributed by atoms with Crippen molar-refractivity contribution in [1.29, 1.82) is 0 Å². The van der Waals surface area contributed by atoms with Crippen LogP contribution in [0, 0.1) is 0 Å². The molecule has 0 atom stereocenters. The van der Waals surface area contributed by atoms with Crippen molar-refractivity contribution in [3.63, 3.8) is 0 Å². The third-order valence-corrected chi connectivity index (χ3v) is 3.50. The average Bonchev–Trinajstić information content (AvgIpc) is 2.55. The fourth-order valence-electron chi connectivity index (χ4n) is 2.29. The van der Waals surface area contributed by atoms with Crippen LogP contribution < -0.4 is 15.8 Å². The fourth-order valence-corrected chi connectivity index (χ4v) is 2.29. The zero-order chi connectivity index (χ0) is 14.7. The van der Waals surface area contributed by atoms with Gasteiger partial charge in [0.2, 0.25) is 0 Å². The summed E-state index contributed by atoms with van der Waals surface area (Å²) in [5, 5.41) is 5.44. The first-order valence-corrected chi connectivity index (χ1v) is 6.77. The predicted octanol–water partition coefficient (Wildman–Crippen LogP) is 3.44. The number of hydrogen-bond acceptors (Lipinski definition) is 4. The summed E-state index contributed by atoms with van der Waals surface area (Å²) in [5.41, 5.74) is 9.08. The Labute approximate surface area is 123 Å². The first-order valence-electron chi connectivity index (χ1n) is 6.77. The molecule has 1 heterocycles. The van der Waals surface area contributed by atoms with E-state index in [4.69, 9.17) is 10.5 Å². The maximum absolute atomic E-state index is 6.22. The summed E-state index contributed by atoms with van der Waals surface area (Å²) >= 11 is 0. The van der Waals surface area contributed by atoms with Gasteiger partial charge in [-0.2, -0.15) is 0 Å². The number of ether oxygens (including phenoxy) is 1. The number of anilines is 2. The van der Waals surface area contributed by atoms with Crippen molar-refractivity contribution >= 4 is 22.1 Å². The monoisotopic (exact) mass is 279 g/mol. The Balaban J connectivity index is 1.79. The SMILES string of the molecule is COc1ccc(CNc2ccc3cnccc3c2N)cc1. The van der Waals surface area contributed by atoms with E-state index >= 15 is 0 Å². The maximum atomic E-state index is 6.22. The molecule has 0 amide bonds. The summed E-state index contributed by atoms with van der Waals surface area (Å²) in [6.45, 7) is 0.713. The first-order chi connectivity index (χ1) is 10.3. The van der Waals surface area contributed by atoms with E-state index in [1.54, 1.807) is 13.3 Å². The molecular weight excluding hydrogens is 262 g/mol. The van der Waals surface area contributed by atoms with Gasteiger partial charge in [-0.15, -0.1) is 0 Å². The molecule has 0 saturated heterocycles. The van der Waals surface area contributed by atoms with Gasteiger partial charge in [-0.05, 0) is 29.8 Å². The van der Waals surface area contributed by atoms with Gasteiger partial charge in [-0.3, -0.25) is 4.98 Å². The number of rotatable bonds is 4. The fraction of sp³-hybridized carbons (Fsp3) is 0.118. The number of nitrogens with zero attached hydrogens (tertiary/aromatic N) is 1. The van der Waals surface area contributed by atoms with Crippen LogP contribution in [0.5, 0.6) is 5.75 Å². The highest BCUT2D eigenvalue weighted by atomic mass is 16.5. The molecule has 0 bridgehead atoms. The van der Waals surface area contributed by atoms with Crippen LogP contribution in [0.15, 0.2) is 54.9 Å². The van der Waals surface area contributed by atoms with Gasteiger partial charge in [0.1, 0.15) is 5.75 Å². The Hall–Kier alpha value is -2.75. The number of aromatic nitrogens is 1. The predicted molar refractivity (Wildman–Crippen MR) is 86.5 cm³/mol. The van der Waals surface area contributed by atoms with Crippen molar-refractivity contribution in [2.45, 2.75) is 6.54 Å². The lowest BCUT2D eigenvalue weighted by molar-refractivity contribution is 0.414. The Bertz CT molecular complexity index is 754. The highest BCUT2D eigenvalue weighted by Gasteiger charge is 2.04. The average molecular weight is 279 g/mol. The van der Waals surface area contributed by atoms with Gasteiger partial charge >= 0.3 is 0 Å². The molecule has 2 aromatic carbocycles. The van der Waals surface area contributed by atoms with Crippen LogP contribution in [-0.4, -0.2) is 12.1 Å². The summed E-state index contributed by atoms with van der Waals surface area (Å²) in [5.74, 6) is 0.858. The Morgan fingerprint density at radius 1 is 1.10 bits per heavy atom. The molecule has 3 N–H and O–H groups in total. The number of fused-ring (bicyclic) bond motifs is 1. The van der Waals surface area contributed by atoms with E-state index in [2.05, 4.69) is 10.3 Å². The quantitative estimate of drug-likeness (QED) is 0.718. The highest BCUT2D eigenvalue weighted by Crippen LogP contribution is 2.28. The molecule has 0 spiro atoms. The molecule has 4 heteroatoms. The summed E-state index contributed by atoms with van der Waals surface area (Å²) in [6.07, 6.45) is 3.57. The third kappa shape index (κ3) is 2.74. The van der Waals surface area contributed by atoms with Crippen LogP contribution in [0.2, 0.25) is 0 Å². The molecule has 0 aliphatic carbocycles. The van der Waals surface area contributed by atoms with E-state index in [9.17, 15) is 0 Å². The molecule has 0 unspecified atom stereocenters. The van der Waals surface area contributed by atoms with Gasteiger partial charge in [-0.25, -0.2) is 0 Å². The molecule has 0 radical (unpaired) electrons. The maximum Gasteiger partial charge on any atom is 0.118 e. The Kier molecular flexibility index (Phi) is 3.60. The number of pyridine rings is 1. The molecule has 0 fully saturated rings. The Morgan fingerprint density at radius 2 is 1.90 bits per heavy atom. The van der Waals surface area contributed by atoms with E-state index in [1.165, 1.54) is 5.56 Å². The number of nitrogen functional groups attached to an aromatic ring is 1. The standard InChI is InChI=1S/C17H17N3O/c1-21-14-5-2-12(3-6-14)10-20-16-7-4-13-11-19-9-8-15(13)17(16)18/h2-9,11,20H,10,18H2,1H3. The van der Waals surface area contributed by atoms with E-state index in [0.29, 0.717) is 6.54 Å². The summed E-state index contributed by atoms with van der Waals surface area (Å²) in [6, 6.07) is 13.9. The molecule has 0 aliphatic rings. The second kappa shape index (κ2) is 5.71. The number of nitrogens with one attached hydrogen (secondary N) is 1. The van der Waals surface area contributed by atoms with E-state index in [1.807, 2.05) is 48.7 Å². The second-order valence-electron chi connectivity index (χ2n) is 4.83. The normalized spacial score (nSPS) is 10.5. The molecule has 1 aromatic heterocycles. The zero-order valence-electron chi connectivity index (χ0n) is 11.8. The van der Waals surface area contributed by atoms with Gasteiger partial charge < -0.3 is 15.8 Å². The lowest BCUT2D eigenvalue weighted by Gasteiger charge is -2.12. The minimum absolute atomic E-state index is 0.713. The minimum Gasteiger partial charge on any atom is -0.497 e. The van der Waals surface area contributed by atoms with Gasteiger partial charge in [0.25, 0.3) is 0 Å². The first kappa shape index (κ1) is 13.2. The topological polar surface area (TPSA) is 60.2 Å². The third-order valence-electron chi connectivity index (χ3n) is 3.50. The largest absolute Gasteiger partial charge is 0.497 e. The molecular formula is C17H17N3O. The molecule has 4 nitrogen and oxygen atoms in total. The molecule has 106 valence electrons. The van der Waals surface area contributed by atoms with Crippen molar-refractivity contribution in [2.24, 2.45) is 0 Å². The Morgan fingerprint density at radius 3 is 2.67 bits per heavy atom. The van der Waals surface area contributed by atoms with E-state index < -0.39 is 0 Å². The van der Waals surface area contributed by atoms with Crippen molar-refractivity contribution < 1.29 is 4.74 Å². The molecule has 0 saturated carbocycles. The van der Waals surface area contributed by atoms with Crippen LogP contribution in [-0.2, 0) is 6.54 Å². The second-order valence-corrected chi connectivity index (χ2v) is 4.83. The van der Waals surface area contributed by atoms with Crippen LogP contribution >= 0.6 is 0 Å². The molecule has 21 heavy (non-hydrogen) atoms. The van der Waals surface area contributed by atoms with Crippen molar-refractivity contribution in [3.05, 3.63) is 60.4 Å². The van der Waals surface area contributed by atoms with Crippen LogP contribution in [0.4, 0.5) is 11.4 Å². The van der Waals surface area contributed by atoms with Crippen LogP contribution in [0.25, 0.3) is 10.8 Å². The number of methoxy groups -OCH3 is 1. The van der Waals surface area contributed by atoms with Gasteiger partial charge in [0, 0.05) is 29.7 Å². The van der Waals surface area contributed by atoms with Gasteiger partial charge in [0.15, 0.2) is 0 Å². The minimum atomic E-state index is 0.713. The number of hydrogen-bond donors (Lipinski definition) is 2. The summed E-state index contributed by atoms with van der Waals surface area (Å²) in [4.78, 5) is 4.11. The van der Waals surface area contributed by atoms with Gasteiger partial charge in [0.05, 0.1) is 18.5 Å². The van der Waals surface area contributed by atoms with Crippen molar-refractivity contribution in [3.8, 4) is 5.75 Å². The zero-order valence-corrected chi connectivity index (χ0v) is 11.8. The number of benzene rings is 2. The van der Waals surface area contributed by atoms with Crippen LogP contribution in [0.3, 0.4) is 0 Å². The summed E-state index contributed by atoms with van der Waals surface area (Å²) < 4.78 is 5.15. The van der Waals surface area contributed by atoms with Crippen molar-refractivity contribution in [2.75, 3.05) is 18.2 Å². The molecule has 3 aromatic rings. The highest BCUT2D eigenvalue weighted by molar-refractivity contribution is 5.98. The van der Waals surface area contributed by atoms with Gasteiger partial charge in [-0.1, -0.05) is 18.2 Å². The molecule has 0 aliphatic heterocycles. The number of nitrogens with two attached hydrogens (primary N) is 1.